The van der Waals surface area contributed by atoms with Crippen LogP contribution in [0.3, 0.4) is 0 Å². The molecular formula is C22H27N3O3. The Morgan fingerprint density at radius 3 is 2.89 bits per heavy atom. The number of ether oxygens (including phenoxy) is 1. The molecule has 2 aromatic rings. The zero-order chi connectivity index (χ0) is 19.9. The second-order valence-corrected chi connectivity index (χ2v) is 7.13. The molecule has 1 aliphatic rings. The van der Waals surface area contributed by atoms with Gasteiger partial charge in [-0.25, -0.2) is 0 Å². The quantitative estimate of drug-likeness (QED) is 0.800. The highest BCUT2D eigenvalue weighted by Crippen LogP contribution is 2.24. The van der Waals surface area contributed by atoms with E-state index >= 15 is 0 Å². The molecule has 1 aliphatic heterocycles. The number of aromatic nitrogens is 1. The summed E-state index contributed by atoms with van der Waals surface area (Å²) in [5.74, 6) is 0.662. The van der Waals surface area contributed by atoms with Gasteiger partial charge in [-0.3, -0.25) is 14.6 Å². The van der Waals surface area contributed by atoms with Gasteiger partial charge in [-0.2, -0.15) is 0 Å². The topological polar surface area (TPSA) is 71.5 Å². The van der Waals surface area contributed by atoms with Gasteiger partial charge in [0.2, 0.25) is 11.8 Å². The molecule has 1 atom stereocenters. The summed E-state index contributed by atoms with van der Waals surface area (Å²) in [6.45, 7) is 3.46. The van der Waals surface area contributed by atoms with Gasteiger partial charge in [0, 0.05) is 49.9 Å². The summed E-state index contributed by atoms with van der Waals surface area (Å²) in [6, 6.07) is 11.6. The zero-order valence-electron chi connectivity index (χ0n) is 16.5. The molecule has 6 nitrogen and oxygen atoms in total. The Kier molecular flexibility index (Phi) is 6.63. The summed E-state index contributed by atoms with van der Waals surface area (Å²) in [6.07, 6.45) is 3.46. The molecule has 1 N–H and O–H groups in total. The Bertz CT molecular complexity index is 837. The molecule has 0 saturated carbocycles. The van der Waals surface area contributed by atoms with Crippen molar-refractivity contribution in [3.05, 3.63) is 59.4 Å². The van der Waals surface area contributed by atoms with E-state index in [1.54, 1.807) is 18.2 Å². The van der Waals surface area contributed by atoms with Crippen molar-refractivity contribution >= 4 is 11.8 Å². The van der Waals surface area contributed by atoms with Crippen LogP contribution in [0.4, 0.5) is 0 Å². The molecule has 1 aromatic heterocycles. The highest BCUT2D eigenvalue weighted by atomic mass is 16.5. The average Bonchev–Trinajstić information content (AvgIpc) is 2.71. The number of carbonyl (C=O) groups excluding carboxylic acids is 2. The highest BCUT2D eigenvalue weighted by molar-refractivity contribution is 5.83. The van der Waals surface area contributed by atoms with Crippen molar-refractivity contribution in [2.24, 2.45) is 5.92 Å². The van der Waals surface area contributed by atoms with Crippen molar-refractivity contribution in [2.45, 2.75) is 32.7 Å². The number of hydrogen-bond donors (Lipinski definition) is 1. The fourth-order valence-corrected chi connectivity index (χ4v) is 3.55. The molecule has 6 heteroatoms. The predicted molar refractivity (Wildman–Crippen MR) is 107 cm³/mol. The first-order valence-electron chi connectivity index (χ1n) is 9.66. The van der Waals surface area contributed by atoms with E-state index in [9.17, 15) is 9.59 Å². The number of hydrogen-bond acceptors (Lipinski definition) is 4. The van der Waals surface area contributed by atoms with Crippen molar-refractivity contribution in [2.75, 3.05) is 20.2 Å². The molecule has 1 aromatic carbocycles. The Hall–Kier alpha value is -2.89. The van der Waals surface area contributed by atoms with E-state index in [1.165, 1.54) is 0 Å². The summed E-state index contributed by atoms with van der Waals surface area (Å²) in [5, 5.41) is 3.01. The van der Waals surface area contributed by atoms with E-state index in [0.717, 1.165) is 22.6 Å². The number of methoxy groups -OCH3 is 1. The van der Waals surface area contributed by atoms with Crippen molar-refractivity contribution < 1.29 is 14.3 Å². The van der Waals surface area contributed by atoms with Gasteiger partial charge in [0.15, 0.2) is 0 Å². The lowest BCUT2D eigenvalue weighted by atomic mass is 9.96. The third-order valence-corrected chi connectivity index (χ3v) is 5.20. The number of benzene rings is 1. The number of rotatable bonds is 7. The molecular weight excluding hydrogens is 354 g/mol. The molecule has 28 heavy (non-hydrogen) atoms. The van der Waals surface area contributed by atoms with E-state index in [-0.39, 0.29) is 17.7 Å². The van der Waals surface area contributed by atoms with Gasteiger partial charge in [0.05, 0.1) is 13.0 Å². The predicted octanol–water partition coefficient (Wildman–Crippen LogP) is 2.50. The van der Waals surface area contributed by atoms with Crippen LogP contribution in [0.25, 0.3) is 0 Å². The summed E-state index contributed by atoms with van der Waals surface area (Å²) >= 11 is 0. The van der Waals surface area contributed by atoms with Gasteiger partial charge in [-0.05, 0) is 31.0 Å². The molecule has 0 spiro atoms. The largest absolute Gasteiger partial charge is 0.496 e. The number of pyridine rings is 1. The average molecular weight is 381 g/mol. The van der Waals surface area contributed by atoms with Gasteiger partial charge in [-0.15, -0.1) is 0 Å². The normalized spacial score (nSPS) is 16.7. The lowest BCUT2D eigenvalue weighted by molar-refractivity contribution is -0.138. The van der Waals surface area contributed by atoms with Gasteiger partial charge in [0.1, 0.15) is 5.75 Å². The highest BCUT2D eigenvalue weighted by Gasteiger charge is 2.30. The lowest BCUT2D eigenvalue weighted by Crippen LogP contribution is -2.45. The minimum atomic E-state index is -0.183. The number of piperidine rings is 1. The molecule has 0 radical (unpaired) electrons. The van der Waals surface area contributed by atoms with Crippen LogP contribution < -0.4 is 10.1 Å². The van der Waals surface area contributed by atoms with Gasteiger partial charge < -0.3 is 15.0 Å². The molecule has 1 unspecified atom stereocenters. The number of para-hydroxylation sites is 1. The van der Waals surface area contributed by atoms with Crippen LogP contribution in [0.15, 0.2) is 42.6 Å². The van der Waals surface area contributed by atoms with Crippen molar-refractivity contribution in [3.8, 4) is 5.75 Å². The van der Waals surface area contributed by atoms with Crippen LogP contribution in [-0.2, 0) is 22.6 Å². The number of carbonyl (C=O) groups is 2. The van der Waals surface area contributed by atoms with Crippen molar-refractivity contribution in [3.63, 3.8) is 0 Å². The van der Waals surface area contributed by atoms with E-state index in [4.69, 9.17) is 4.74 Å². The standard InChI is InChI=1S/C22H27N3O3/c1-16-6-5-12-23-19(16)11-13-24-22(27)18-9-10-21(26)25(15-18)14-17-7-3-4-8-20(17)28-2/h3-8,12,18H,9-11,13-15H2,1-2H3,(H,24,27). The fraction of sp³-hybridized carbons (Fsp3) is 0.409. The maximum atomic E-state index is 12.6. The second-order valence-electron chi connectivity index (χ2n) is 7.13. The number of likely N-dealkylation sites (tertiary alicyclic amines) is 1. The van der Waals surface area contributed by atoms with E-state index in [2.05, 4.69) is 10.3 Å². The second kappa shape index (κ2) is 9.35. The van der Waals surface area contributed by atoms with Crippen molar-refractivity contribution in [1.29, 1.82) is 0 Å². The van der Waals surface area contributed by atoms with Crippen LogP contribution in [0.5, 0.6) is 5.75 Å². The van der Waals surface area contributed by atoms with Gasteiger partial charge in [0.25, 0.3) is 0 Å². The minimum absolute atomic E-state index is 0.00566. The molecule has 3 rings (SSSR count). The third-order valence-electron chi connectivity index (χ3n) is 5.20. The molecule has 0 aliphatic carbocycles. The monoisotopic (exact) mass is 381 g/mol. The summed E-state index contributed by atoms with van der Waals surface area (Å²) in [7, 11) is 1.62. The number of nitrogens with zero attached hydrogens (tertiary/aromatic N) is 2. The smallest absolute Gasteiger partial charge is 0.224 e. The summed E-state index contributed by atoms with van der Waals surface area (Å²) in [4.78, 5) is 31.1. The van der Waals surface area contributed by atoms with Crippen molar-refractivity contribution in [1.82, 2.24) is 15.2 Å². The first kappa shape index (κ1) is 19.9. The van der Waals surface area contributed by atoms with Crippen LogP contribution >= 0.6 is 0 Å². The van der Waals surface area contributed by atoms with E-state index in [0.29, 0.717) is 38.9 Å². The lowest BCUT2D eigenvalue weighted by Gasteiger charge is -2.32. The molecule has 0 bridgehead atoms. The minimum Gasteiger partial charge on any atom is -0.496 e. The SMILES string of the molecule is COc1ccccc1CN1CC(C(=O)NCCc2ncccc2C)CCC1=O. The molecule has 2 heterocycles. The number of nitrogens with one attached hydrogen (secondary N) is 1. The van der Waals surface area contributed by atoms with Crippen LogP contribution in [0, 0.1) is 12.8 Å². The maximum absolute atomic E-state index is 12.6. The summed E-state index contributed by atoms with van der Waals surface area (Å²) < 4.78 is 5.38. The van der Waals surface area contributed by atoms with Crippen LogP contribution in [0.1, 0.15) is 29.7 Å². The molecule has 2 amide bonds. The van der Waals surface area contributed by atoms with Gasteiger partial charge >= 0.3 is 0 Å². The molecule has 1 fully saturated rings. The number of amides is 2. The third kappa shape index (κ3) is 4.88. The zero-order valence-corrected chi connectivity index (χ0v) is 16.5. The molecule has 1 saturated heterocycles. The fourth-order valence-electron chi connectivity index (χ4n) is 3.55. The number of aryl methyl sites for hydroxylation is 1. The Labute approximate surface area is 165 Å². The van der Waals surface area contributed by atoms with E-state index in [1.807, 2.05) is 43.3 Å². The van der Waals surface area contributed by atoms with Gasteiger partial charge in [-0.1, -0.05) is 24.3 Å². The van der Waals surface area contributed by atoms with Crippen LogP contribution in [0.2, 0.25) is 0 Å². The Morgan fingerprint density at radius 2 is 2.11 bits per heavy atom. The van der Waals surface area contributed by atoms with Crippen LogP contribution in [-0.4, -0.2) is 41.9 Å². The maximum Gasteiger partial charge on any atom is 0.224 e. The first-order chi connectivity index (χ1) is 13.6. The first-order valence-corrected chi connectivity index (χ1v) is 9.66. The Balaban J connectivity index is 1.55. The summed E-state index contributed by atoms with van der Waals surface area (Å²) in [5.41, 5.74) is 3.08. The van der Waals surface area contributed by atoms with E-state index < -0.39 is 0 Å². The molecule has 148 valence electrons. The Morgan fingerprint density at radius 1 is 1.29 bits per heavy atom.